The molecular formula is C17H22N2O. The maximum Gasteiger partial charge on any atom is 0.274 e. The van der Waals surface area contributed by atoms with Crippen LogP contribution in [0.5, 0.6) is 0 Å². The SMILES string of the molecule is CCCCn1c(-c2ccc(C)cc2C)ccc(N)c1=O. The van der Waals surface area contributed by atoms with Gasteiger partial charge in [0, 0.05) is 12.1 Å². The molecule has 3 heteroatoms. The molecule has 0 saturated carbocycles. The topological polar surface area (TPSA) is 48.0 Å². The van der Waals surface area contributed by atoms with Crippen LogP contribution in [-0.2, 0) is 6.54 Å². The Morgan fingerprint density at radius 3 is 2.55 bits per heavy atom. The highest BCUT2D eigenvalue weighted by Gasteiger charge is 2.10. The van der Waals surface area contributed by atoms with Crippen molar-refractivity contribution in [3.05, 3.63) is 51.8 Å². The molecule has 0 aliphatic carbocycles. The molecule has 0 atom stereocenters. The number of benzene rings is 1. The van der Waals surface area contributed by atoms with Crippen molar-refractivity contribution in [3.63, 3.8) is 0 Å². The molecule has 3 nitrogen and oxygen atoms in total. The lowest BCUT2D eigenvalue weighted by atomic mass is 10.0. The lowest BCUT2D eigenvalue weighted by Crippen LogP contribution is -2.24. The summed E-state index contributed by atoms with van der Waals surface area (Å²) in [6, 6.07) is 9.95. The van der Waals surface area contributed by atoms with Crippen LogP contribution >= 0.6 is 0 Å². The highest BCUT2D eigenvalue weighted by molar-refractivity contribution is 5.65. The summed E-state index contributed by atoms with van der Waals surface area (Å²) in [6.45, 7) is 6.98. The zero-order chi connectivity index (χ0) is 14.7. The fourth-order valence-electron chi connectivity index (χ4n) is 2.47. The summed E-state index contributed by atoms with van der Waals surface area (Å²) in [5.74, 6) is 0. The molecule has 106 valence electrons. The van der Waals surface area contributed by atoms with Gasteiger partial charge in [-0.2, -0.15) is 0 Å². The predicted molar refractivity (Wildman–Crippen MR) is 84.9 cm³/mol. The first-order valence-corrected chi connectivity index (χ1v) is 7.11. The Hall–Kier alpha value is -2.03. The maximum absolute atomic E-state index is 12.3. The van der Waals surface area contributed by atoms with E-state index in [0.29, 0.717) is 12.2 Å². The molecule has 1 aromatic carbocycles. The minimum atomic E-state index is -0.0871. The third kappa shape index (κ3) is 2.77. The second-order valence-corrected chi connectivity index (χ2v) is 5.30. The second kappa shape index (κ2) is 5.95. The minimum Gasteiger partial charge on any atom is -0.394 e. The van der Waals surface area contributed by atoms with Gasteiger partial charge in [0.15, 0.2) is 0 Å². The summed E-state index contributed by atoms with van der Waals surface area (Å²) in [4.78, 5) is 12.3. The molecule has 0 saturated heterocycles. The number of nitrogens with two attached hydrogens (primary N) is 1. The zero-order valence-electron chi connectivity index (χ0n) is 12.4. The van der Waals surface area contributed by atoms with Gasteiger partial charge in [-0.1, -0.05) is 37.1 Å². The van der Waals surface area contributed by atoms with Crippen LogP contribution < -0.4 is 11.3 Å². The van der Waals surface area contributed by atoms with Crippen LogP contribution in [0.25, 0.3) is 11.3 Å². The standard InChI is InChI=1S/C17H22N2O/c1-4-5-10-19-16(9-8-15(18)17(19)20)14-7-6-12(2)11-13(14)3/h6-9,11H,4-5,10,18H2,1-3H3. The van der Waals surface area contributed by atoms with Gasteiger partial charge in [0.25, 0.3) is 5.56 Å². The van der Waals surface area contributed by atoms with E-state index < -0.39 is 0 Å². The van der Waals surface area contributed by atoms with E-state index in [4.69, 9.17) is 5.73 Å². The zero-order valence-corrected chi connectivity index (χ0v) is 12.4. The molecule has 0 aliphatic rings. The Morgan fingerprint density at radius 1 is 1.15 bits per heavy atom. The quantitative estimate of drug-likeness (QED) is 0.924. The van der Waals surface area contributed by atoms with Crippen LogP contribution in [0.3, 0.4) is 0 Å². The molecule has 20 heavy (non-hydrogen) atoms. The Kier molecular flexibility index (Phi) is 4.28. The molecule has 0 unspecified atom stereocenters. The Balaban J connectivity index is 2.61. The first-order chi connectivity index (χ1) is 9.54. The van der Waals surface area contributed by atoms with Crippen LogP contribution in [0.15, 0.2) is 35.1 Å². The van der Waals surface area contributed by atoms with Gasteiger partial charge in [-0.25, -0.2) is 0 Å². The van der Waals surface area contributed by atoms with Crippen molar-refractivity contribution in [1.29, 1.82) is 0 Å². The van der Waals surface area contributed by atoms with E-state index in [-0.39, 0.29) is 5.56 Å². The van der Waals surface area contributed by atoms with E-state index in [9.17, 15) is 4.79 Å². The highest BCUT2D eigenvalue weighted by atomic mass is 16.1. The minimum absolute atomic E-state index is 0.0871. The number of hydrogen-bond acceptors (Lipinski definition) is 2. The normalized spacial score (nSPS) is 10.8. The average molecular weight is 270 g/mol. The number of nitrogen functional groups attached to an aromatic ring is 1. The lowest BCUT2D eigenvalue weighted by Gasteiger charge is -2.15. The van der Waals surface area contributed by atoms with E-state index in [0.717, 1.165) is 24.1 Å². The molecule has 0 radical (unpaired) electrons. The summed E-state index contributed by atoms with van der Waals surface area (Å²) < 4.78 is 1.80. The van der Waals surface area contributed by atoms with E-state index in [1.807, 2.05) is 6.07 Å². The van der Waals surface area contributed by atoms with Crippen molar-refractivity contribution in [2.45, 2.75) is 40.2 Å². The molecule has 1 heterocycles. The van der Waals surface area contributed by atoms with Crippen molar-refractivity contribution in [1.82, 2.24) is 4.57 Å². The van der Waals surface area contributed by atoms with Gasteiger partial charge in [-0.15, -0.1) is 0 Å². The number of hydrogen-bond donors (Lipinski definition) is 1. The molecule has 0 amide bonds. The summed E-state index contributed by atoms with van der Waals surface area (Å²) in [5, 5.41) is 0. The Morgan fingerprint density at radius 2 is 1.90 bits per heavy atom. The molecule has 2 aromatic rings. The maximum atomic E-state index is 12.3. The number of anilines is 1. The summed E-state index contributed by atoms with van der Waals surface area (Å²) >= 11 is 0. The van der Waals surface area contributed by atoms with E-state index in [2.05, 4.69) is 39.0 Å². The molecule has 2 rings (SSSR count). The number of rotatable bonds is 4. The molecule has 0 bridgehead atoms. The van der Waals surface area contributed by atoms with Gasteiger partial charge in [0.1, 0.15) is 0 Å². The molecular weight excluding hydrogens is 248 g/mol. The van der Waals surface area contributed by atoms with Crippen molar-refractivity contribution in [2.75, 3.05) is 5.73 Å². The molecule has 1 aromatic heterocycles. The summed E-state index contributed by atoms with van der Waals surface area (Å²) in [6.07, 6.45) is 2.02. The average Bonchev–Trinajstić information content (AvgIpc) is 2.41. The second-order valence-electron chi connectivity index (χ2n) is 5.30. The fourth-order valence-corrected chi connectivity index (χ4v) is 2.47. The number of pyridine rings is 1. The number of aryl methyl sites for hydroxylation is 2. The summed E-state index contributed by atoms with van der Waals surface area (Å²) in [7, 11) is 0. The molecule has 2 N–H and O–H groups in total. The van der Waals surface area contributed by atoms with E-state index in [1.54, 1.807) is 10.6 Å². The number of aromatic nitrogens is 1. The van der Waals surface area contributed by atoms with Gasteiger partial charge < -0.3 is 10.3 Å². The van der Waals surface area contributed by atoms with Gasteiger partial charge in [0.2, 0.25) is 0 Å². The van der Waals surface area contributed by atoms with Crippen LogP contribution in [0.4, 0.5) is 5.69 Å². The van der Waals surface area contributed by atoms with Gasteiger partial charge >= 0.3 is 0 Å². The molecule has 0 spiro atoms. The molecule has 0 fully saturated rings. The first kappa shape index (κ1) is 14.4. The number of unbranched alkanes of at least 4 members (excludes halogenated alkanes) is 1. The highest BCUT2D eigenvalue weighted by Crippen LogP contribution is 2.24. The summed E-state index contributed by atoms with van der Waals surface area (Å²) in [5.41, 5.74) is 10.5. The van der Waals surface area contributed by atoms with E-state index in [1.165, 1.54) is 11.1 Å². The van der Waals surface area contributed by atoms with Crippen LogP contribution in [0, 0.1) is 13.8 Å². The fraction of sp³-hybridized carbons (Fsp3) is 0.353. The van der Waals surface area contributed by atoms with Gasteiger partial charge in [-0.05, 0) is 38.0 Å². The van der Waals surface area contributed by atoms with Crippen LogP contribution in [0.1, 0.15) is 30.9 Å². The smallest absolute Gasteiger partial charge is 0.274 e. The Labute approximate surface area is 120 Å². The van der Waals surface area contributed by atoms with Crippen molar-refractivity contribution >= 4 is 5.69 Å². The van der Waals surface area contributed by atoms with Crippen LogP contribution in [0.2, 0.25) is 0 Å². The lowest BCUT2D eigenvalue weighted by molar-refractivity contribution is 0.620. The first-order valence-electron chi connectivity index (χ1n) is 7.11. The van der Waals surface area contributed by atoms with Crippen molar-refractivity contribution in [3.8, 4) is 11.3 Å². The van der Waals surface area contributed by atoms with Gasteiger partial charge in [-0.3, -0.25) is 4.79 Å². The van der Waals surface area contributed by atoms with Crippen molar-refractivity contribution in [2.24, 2.45) is 0 Å². The Bertz CT molecular complexity index is 671. The third-order valence-electron chi connectivity index (χ3n) is 3.60. The number of nitrogens with zero attached hydrogens (tertiary/aromatic N) is 1. The van der Waals surface area contributed by atoms with Crippen molar-refractivity contribution < 1.29 is 0 Å². The molecule has 0 aliphatic heterocycles. The van der Waals surface area contributed by atoms with Gasteiger partial charge in [0.05, 0.1) is 11.4 Å². The van der Waals surface area contributed by atoms with E-state index >= 15 is 0 Å². The monoisotopic (exact) mass is 270 g/mol. The predicted octanol–water partition coefficient (Wildman–Crippen LogP) is 3.51. The van der Waals surface area contributed by atoms with Crippen LogP contribution in [-0.4, -0.2) is 4.57 Å². The third-order valence-corrected chi connectivity index (χ3v) is 3.60. The largest absolute Gasteiger partial charge is 0.394 e.